The molecule has 1 aromatic rings. The molecule has 1 saturated carbocycles. The molecule has 3 N–H and O–H groups in total. The van der Waals surface area contributed by atoms with Gasteiger partial charge in [0, 0.05) is 0 Å². The number of nitrogens with two attached hydrogens (primary N) is 1. The lowest BCUT2D eigenvalue weighted by atomic mass is 9.91. The van der Waals surface area contributed by atoms with Crippen molar-refractivity contribution < 1.29 is 9.84 Å². The number of aliphatic hydroxyl groups is 1. The fraction of sp³-hybridized carbons (Fsp3) is 0.625. The monoisotopic (exact) mass is 263 g/mol. The molecular formula is C16H25NO2. The van der Waals surface area contributed by atoms with E-state index in [1.54, 1.807) is 0 Å². The molecule has 0 saturated heterocycles. The van der Waals surface area contributed by atoms with Crippen LogP contribution in [0.5, 0.6) is 5.75 Å². The molecule has 0 aromatic heterocycles. The lowest BCUT2D eigenvalue weighted by molar-refractivity contribution is 0.0844. The molecule has 19 heavy (non-hydrogen) atoms. The summed E-state index contributed by atoms with van der Waals surface area (Å²) in [7, 11) is 0. The van der Waals surface area contributed by atoms with E-state index >= 15 is 0 Å². The molecule has 1 fully saturated rings. The molecule has 0 heterocycles. The minimum atomic E-state index is -0.431. The highest BCUT2D eigenvalue weighted by Crippen LogP contribution is 2.32. The Labute approximate surface area is 115 Å². The Morgan fingerprint density at radius 1 is 1.16 bits per heavy atom. The van der Waals surface area contributed by atoms with Crippen molar-refractivity contribution in [2.24, 2.45) is 11.7 Å². The van der Waals surface area contributed by atoms with E-state index in [9.17, 15) is 5.11 Å². The van der Waals surface area contributed by atoms with Gasteiger partial charge in [-0.1, -0.05) is 25.0 Å². The average molecular weight is 263 g/mol. The first-order valence-corrected chi connectivity index (χ1v) is 7.28. The molecule has 3 nitrogen and oxygen atoms in total. The fourth-order valence-electron chi connectivity index (χ4n) is 2.83. The van der Waals surface area contributed by atoms with Crippen molar-refractivity contribution in [1.82, 2.24) is 0 Å². The zero-order valence-corrected chi connectivity index (χ0v) is 11.9. The molecule has 1 aliphatic rings. The average Bonchev–Trinajstić information content (AvgIpc) is 2.91. The van der Waals surface area contributed by atoms with Crippen LogP contribution in [0.1, 0.15) is 51.1 Å². The van der Waals surface area contributed by atoms with Gasteiger partial charge in [-0.15, -0.1) is 0 Å². The van der Waals surface area contributed by atoms with Crippen LogP contribution in [0.3, 0.4) is 0 Å². The number of rotatable bonds is 5. The third-order valence-corrected chi connectivity index (χ3v) is 3.89. The largest absolute Gasteiger partial charge is 0.491 e. The van der Waals surface area contributed by atoms with Crippen LogP contribution in [0.25, 0.3) is 0 Å². The smallest absolute Gasteiger partial charge is 0.119 e. The molecule has 0 radical (unpaired) electrons. The van der Waals surface area contributed by atoms with Crippen molar-refractivity contribution in [3.63, 3.8) is 0 Å². The molecule has 0 amide bonds. The Balaban J connectivity index is 2.00. The normalized spacial score (nSPS) is 19.6. The standard InChI is InChI=1S/C16H25NO2/c1-11(2)19-14-9-7-12(8-10-14)15(17)16(18)13-5-3-4-6-13/h7-11,13,15-16,18H,3-6,17H2,1-2H3/t15-,16+/m0/s1. The number of hydrogen-bond donors (Lipinski definition) is 2. The van der Waals surface area contributed by atoms with Crippen LogP contribution in [0.2, 0.25) is 0 Å². The third kappa shape index (κ3) is 3.71. The van der Waals surface area contributed by atoms with E-state index in [0.29, 0.717) is 5.92 Å². The Morgan fingerprint density at radius 2 is 1.74 bits per heavy atom. The van der Waals surface area contributed by atoms with Crippen LogP contribution in [0, 0.1) is 5.92 Å². The summed E-state index contributed by atoms with van der Waals surface area (Å²) in [6.07, 6.45) is 4.38. The van der Waals surface area contributed by atoms with Crippen molar-refractivity contribution in [2.75, 3.05) is 0 Å². The summed E-state index contributed by atoms with van der Waals surface area (Å²) in [5, 5.41) is 10.3. The van der Waals surface area contributed by atoms with Crippen LogP contribution >= 0.6 is 0 Å². The van der Waals surface area contributed by atoms with Gasteiger partial charge in [-0.05, 0) is 50.3 Å². The first-order chi connectivity index (χ1) is 9.08. The van der Waals surface area contributed by atoms with Gasteiger partial charge in [-0.25, -0.2) is 0 Å². The van der Waals surface area contributed by atoms with Gasteiger partial charge in [0.05, 0.1) is 18.2 Å². The lowest BCUT2D eigenvalue weighted by Crippen LogP contribution is -2.31. The van der Waals surface area contributed by atoms with Crippen LogP contribution in [0.4, 0.5) is 0 Å². The predicted molar refractivity (Wildman–Crippen MR) is 77.1 cm³/mol. The van der Waals surface area contributed by atoms with Crippen molar-refractivity contribution >= 4 is 0 Å². The maximum absolute atomic E-state index is 10.3. The summed E-state index contributed by atoms with van der Waals surface area (Å²) in [5.74, 6) is 1.21. The Bertz CT molecular complexity index is 382. The van der Waals surface area contributed by atoms with Gasteiger partial charge in [-0.2, -0.15) is 0 Å². The molecule has 0 aliphatic heterocycles. The maximum atomic E-state index is 10.3. The van der Waals surface area contributed by atoms with Crippen molar-refractivity contribution in [3.8, 4) is 5.75 Å². The SMILES string of the molecule is CC(C)Oc1ccc([C@H](N)[C@H](O)C2CCCC2)cc1. The van der Waals surface area contributed by atoms with Crippen molar-refractivity contribution in [3.05, 3.63) is 29.8 Å². The second-order valence-electron chi connectivity index (χ2n) is 5.80. The summed E-state index contributed by atoms with van der Waals surface area (Å²) in [5.41, 5.74) is 7.16. The molecule has 1 aliphatic carbocycles. The number of aliphatic hydroxyl groups excluding tert-OH is 1. The second kappa shape index (κ2) is 6.40. The van der Waals surface area contributed by atoms with E-state index in [0.717, 1.165) is 24.2 Å². The number of benzene rings is 1. The molecule has 0 bridgehead atoms. The summed E-state index contributed by atoms with van der Waals surface area (Å²) in [6.45, 7) is 4.01. The number of ether oxygens (including phenoxy) is 1. The highest BCUT2D eigenvalue weighted by molar-refractivity contribution is 5.29. The lowest BCUT2D eigenvalue weighted by Gasteiger charge is -2.24. The van der Waals surface area contributed by atoms with Crippen LogP contribution in [-0.2, 0) is 0 Å². The van der Waals surface area contributed by atoms with Gasteiger partial charge in [0.1, 0.15) is 5.75 Å². The first-order valence-electron chi connectivity index (χ1n) is 7.28. The van der Waals surface area contributed by atoms with E-state index in [4.69, 9.17) is 10.5 Å². The van der Waals surface area contributed by atoms with Gasteiger partial charge >= 0.3 is 0 Å². The molecular weight excluding hydrogens is 238 g/mol. The van der Waals surface area contributed by atoms with Crippen molar-refractivity contribution in [1.29, 1.82) is 0 Å². The Morgan fingerprint density at radius 3 is 2.26 bits per heavy atom. The molecule has 1 aromatic carbocycles. The highest BCUT2D eigenvalue weighted by atomic mass is 16.5. The van der Waals surface area contributed by atoms with Crippen LogP contribution < -0.4 is 10.5 Å². The van der Waals surface area contributed by atoms with Gasteiger partial charge in [0.15, 0.2) is 0 Å². The van der Waals surface area contributed by atoms with E-state index in [1.165, 1.54) is 12.8 Å². The fourth-order valence-corrected chi connectivity index (χ4v) is 2.83. The van der Waals surface area contributed by atoms with E-state index in [-0.39, 0.29) is 12.1 Å². The van der Waals surface area contributed by atoms with E-state index in [2.05, 4.69) is 0 Å². The number of hydrogen-bond acceptors (Lipinski definition) is 3. The minimum Gasteiger partial charge on any atom is -0.491 e. The topological polar surface area (TPSA) is 55.5 Å². The zero-order chi connectivity index (χ0) is 13.8. The summed E-state index contributed by atoms with van der Waals surface area (Å²) >= 11 is 0. The minimum absolute atomic E-state index is 0.170. The first kappa shape index (κ1) is 14.4. The van der Waals surface area contributed by atoms with E-state index in [1.807, 2.05) is 38.1 Å². The van der Waals surface area contributed by atoms with Gasteiger partial charge in [0.25, 0.3) is 0 Å². The van der Waals surface area contributed by atoms with Gasteiger partial charge in [-0.3, -0.25) is 0 Å². The maximum Gasteiger partial charge on any atom is 0.119 e. The molecule has 0 unspecified atom stereocenters. The summed E-state index contributed by atoms with van der Waals surface area (Å²) < 4.78 is 5.61. The second-order valence-corrected chi connectivity index (χ2v) is 5.80. The zero-order valence-electron chi connectivity index (χ0n) is 11.9. The molecule has 2 atom stereocenters. The van der Waals surface area contributed by atoms with Gasteiger partial charge < -0.3 is 15.6 Å². The summed E-state index contributed by atoms with van der Waals surface area (Å²) in [6, 6.07) is 7.48. The van der Waals surface area contributed by atoms with E-state index < -0.39 is 6.10 Å². The summed E-state index contributed by atoms with van der Waals surface area (Å²) in [4.78, 5) is 0. The van der Waals surface area contributed by atoms with Gasteiger partial charge in [0.2, 0.25) is 0 Å². The highest BCUT2D eigenvalue weighted by Gasteiger charge is 2.28. The quantitative estimate of drug-likeness (QED) is 0.858. The molecule has 0 spiro atoms. The van der Waals surface area contributed by atoms with Crippen LogP contribution in [-0.4, -0.2) is 17.3 Å². The molecule has 106 valence electrons. The molecule has 2 rings (SSSR count). The Kier molecular flexibility index (Phi) is 4.83. The predicted octanol–water partition coefficient (Wildman–Crippen LogP) is 3.02. The van der Waals surface area contributed by atoms with Crippen molar-refractivity contribution in [2.45, 2.75) is 57.8 Å². The Hall–Kier alpha value is -1.06. The third-order valence-electron chi connectivity index (χ3n) is 3.89. The molecule has 3 heteroatoms. The van der Waals surface area contributed by atoms with Crippen LogP contribution in [0.15, 0.2) is 24.3 Å².